The van der Waals surface area contributed by atoms with Crippen LogP contribution >= 0.6 is 0 Å². The summed E-state index contributed by atoms with van der Waals surface area (Å²) in [5, 5.41) is 2.23. The molecule has 0 aliphatic heterocycles. The summed E-state index contributed by atoms with van der Waals surface area (Å²) in [5.74, 6) is 0. The minimum atomic E-state index is 0. The minimum absolute atomic E-state index is 0. The monoisotopic (exact) mass is 242 g/mol. The molecule has 0 saturated carbocycles. The third-order valence-corrected chi connectivity index (χ3v) is 1.77. The summed E-state index contributed by atoms with van der Waals surface area (Å²) in [5.41, 5.74) is 0.899. The molecule has 61 valence electrons. The van der Waals surface area contributed by atoms with Crippen LogP contribution in [0.3, 0.4) is 0 Å². The van der Waals surface area contributed by atoms with Crippen LogP contribution in [-0.4, -0.2) is 4.98 Å². The molecule has 1 aromatic heterocycles. The van der Waals surface area contributed by atoms with Gasteiger partial charge in [0, 0.05) is 45.1 Å². The third-order valence-electron chi connectivity index (χ3n) is 1.77. The molecule has 1 aromatic carbocycles. The van der Waals surface area contributed by atoms with Gasteiger partial charge in [-0.15, -0.1) is 0 Å². The van der Waals surface area contributed by atoms with Gasteiger partial charge in [-0.3, -0.25) is 4.98 Å². The molecule has 2 aromatic rings. The summed E-state index contributed by atoms with van der Waals surface area (Å²) in [4.78, 5) is 4.02. The Hall–Kier alpha value is -0.526. The van der Waals surface area contributed by atoms with E-state index in [2.05, 4.69) is 11.1 Å². The second-order valence-corrected chi connectivity index (χ2v) is 2.56. The molecular weight excluding hydrogens is 235 g/mol. The molecule has 2 rings (SSSR count). The maximum atomic E-state index is 5.36. The molecule has 1 heterocycles. The molecular formula is C11H7NY-2. The van der Waals surface area contributed by atoms with Crippen molar-refractivity contribution in [3.63, 3.8) is 0 Å². The average molecular weight is 242 g/mol. The summed E-state index contributed by atoms with van der Waals surface area (Å²) < 4.78 is 0. The van der Waals surface area contributed by atoms with Gasteiger partial charge in [-0.25, -0.2) is 12.1 Å². The standard InChI is InChI=1S/C11H7N.Y/c1-2-9-3-4-10-5-6-12-8-11(10)7-9;/h1-2,4-8H;/q-2;. The number of rotatable bonds is 1. The smallest absolute Gasteiger partial charge is 0.0181 e. The Labute approximate surface area is 103 Å². The van der Waals surface area contributed by atoms with E-state index in [1.54, 1.807) is 6.20 Å². The fourth-order valence-corrected chi connectivity index (χ4v) is 1.14. The average Bonchev–Trinajstić information content (AvgIpc) is 2.17. The van der Waals surface area contributed by atoms with Crippen molar-refractivity contribution in [3.8, 4) is 0 Å². The third kappa shape index (κ3) is 2.23. The molecule has 2 heteroatoms. The van der Waals surface area contributed by atoms with Crippen molar-refractivity contribution in [3.05, 3.63) is 48.8 Å². The van der Waals surface area contributed by atoms with E-state index in [0.29, 0.717) is 0 Å². The number of nitrogens with zero attached hydrogens (tertiary/aromatic N) is 1. The van der Waals surface area contributed by atoms with Gasteiger partial charge in [0.1, 0.15) is 0 Å². The fourth-order valence-electron chi connectivity index (χ4n) is 1.14. The van der Waals surface area contributed by atoms with Crippen molar-refractivity contribution in [2.45, 2.75) is 0 Å². The van der Waals surface area contributed by atoms with Crippen LogP contribution in [0.1, 0.15) is 5.56 Å². The zero-order chi connectivity index (χ0) is 8.39. The molecule has 0 spiro atoms. The predicted octanol–water partition coefficient (Wildman–Crippen LogP) is 2.48. The Morgan fingerprint density at radius 2 is 2.23 bits per heavy atom. The van der Waals surface area contributed by atoms with E-state index in [1.807, 2.05) is 24.4 Å². The van der Waals surface area contributed by atoms with E-state index in [1.165, 1.54) is 6.08 Å². The van der Waals surface area contributed by atoms with Gasteiger partial charge < -0.3 is 18.2 Å². The maximum absolute atomic E-state index is 5.36. The van der Waals surface area contributed by atoms with Crippen LogP contribution in [0.4, 0.5) is 0 Å². The predicted molar refractivity (Wildman–Crippen MR) is 49.3 cm³/mol. The molecule has 13 heavy (non-hydrogen) atoms. The molecule has 0 unspecified atom stereocenters. The SMILES string of the molecule is [CH-]=Cc1[c-]cc2ccncc2c1.[Y]. The van der Waals surface area contributed by atoms with Gasteiger partial charge >= 0.3 is 0 Å². The maximum Gasteiger partial charge on any atom is 0.0181 e. The van der Waals surface area contributed by atoms with Crippen molar-refractivity contribution < 1.29 is 32.7 Å². The van der Waals surface area contributed by atoms with E-state index >= 15 is 0 Å². The summed E-state index contributed by atoms with van der Waals surface area (Å²) in [7, 11) is 0. The van der Waals surface area contributed by atoms with E-state index in [-0.39, 0.29) is 32.7 Å². The number of benzene rings is 1. The first kappa shape index (κ1) is 10.6. The van der Waals surface area contributed by atoms with Crippen LogP contribution < -0.4 is 0 Å². The second kappa shape index (κ2) is 4.64. The van der Waals surface area contributed by atoms with Crippen molar-refractivity contribution in [1.82, 2.24) is 4.98 Å². The Morgan fingerprint density at radius 1 is 1.38 bits per heavy atom. The van der Waals surface area contributed by atoms with Crippen molar-refractivity contribution in [2.75, 3.05) is 0 Å². The van der Waals surface area contributed by atoms with Gasteiger partial charge in [-0.05, 0) is 0 Å². The molecule has 0 aliphatic carbocycles. The number of hydrogen-bond acceptors (Lipinski definition) is 1. The van der Waals surface area contributed by atoms with E-state index < -0.39 is 0 Å². The first-order valence-corrected chi connectivity index (χ1v) is 3.70. The van der Waals surface area contributed by atoms with Crippen LogP contribution in [0.25, 0.3) is 16.8 Å². The van der Waals surface area contributed by atoms with Crippen LogP contribution in [0, 0.1) is 12.6 Å². The Kier molecular flexibility index (Phi) is 3.77. The Morgan fingerprint density at radius 3 is 3.00 bits per heavy atom. The largest absolute Gasteiger partial charge is 0.344 e. The zero-order valence-corrected chi connectivity index (χ0v) is 9.90. The second-order valence-electron chi connectivity index (χ2n) is 2.56. The van der Waals surface area contributed by atoms with Gasteiger partial charge in [0.25, 0.3) is 0 Å². The topological polar surface area (TPSA) is 12.9 Å². The van der Waals surface area contributed by atoms with Crippen LogP contribution in [0.2, 0.25) is 0 Å². The van der Waals surface area contributed by atoms with Crippen molar-refractivity contribution in [1.29, 1.82) is 0 Å². The van der Waals surface area contributed by atoms with Crippen molar-refractivity contribution in [2.24, 2.45) is 0 Å². The molecule has 0 saturated heterocycles. The molecule has 0 aliphatic rings. The van der Waals surface area contributed by atoms with Gasteiger partial charge in [-0.1, -0.05) is 16.8 Å². The number of aromatic nitrogens is 1. The summed E-state index contributed by atoms with van der Waals surface area (Å²) in [6, 6.07) is 8.88. The van der Waals surface area contributed by atoms with Gasteiger partial charge in [0.15, 0.2) is 0 Å². The van der Waals surface area contributed by atoms with E-state index in [9.17, 15) is 0 Å². The fraction of sp³-hybridized carbons (Fsp3) is 0. The quantitative estimate of drug-likeness (QED) is 0.700. The molecule has 0 atom stereocenters. The van der Waals surface area contributed by atoms with Crippen LogP contribution in [0.5, 0.6) is 0 Å². The molecule has 0 bridgehead atoms. The number of fused-ring (bicyclic) bond motifs is 1. The summed E-state index contributed by atoms with van der Waals surface area (Å²) >= 11 is 0. The van der Waals surface area contributed by atoms with E-state index in [4.69, 9.17) is 6.58 Å². The van der Waals surface area contributed by atoms with Crippen molar-refractivity contribution >= 4 is 16.8 Å². The number of pyridine rings is 1. The molecule has 0 amide bonds. The zero-order valence-electron chi connectivity index (χ0n) is 7.07. The van der Waals surface area contributed by atoms with Crippen LogP contribution in [0.15, 0.2) is 30.6 Å². The first-order chi connectivity index (χ1) is 5.90. The summed E-state index contributed by atoms with van der Waals surface area (Å²) in [6.45, 7) is 5.36. The molecule has 1 nitrogen and oxygen atoms in total. The van der Waals surface area contributed by atoms with E-state index in [0.717, 1.165) is 16.3 Å². The van der Waals surface area contributed by atoms with Gasteiger partial charge in [0.2, 0.25) is 0 Å². The molecule has 0 N–H and O–H groups in total. The normalized spacial score (nSPS) is 9.23. The number of hydrogen-bond donors (Lipinski definition) is 0. The summed E-state index contributed by atoms with van der Waals surface area (Å²) in [6.07, 6.45) is 5.12. The van der Waals surface area contributed by atoms with Gasteiger partial charge in [-0.2, -0.15) is 6.07 Å². The molecule has 1 radical (unpaired) electrons. The Balaban J connectivity index is 0.000000845. The minimum Gasteiger partial charge on any atom is -0.344 e. The van der Waals surface area contributed by atoms with Crippen LogP contribution in [-0.2, 0) is 32.7 Å². The first-order valence-electron chi connectivity index (χ1n) is 3.70. The molecule has 0 fully saturated rings. The van der Waals surface area contributed by atoms with Gasteiger partial charge in [0.05, 0.1) is 0 Å². The Bertz CT molecular complexity index is 423.